The highest BCUT2D eigenvalue weighted by Crippen LogP contribution is 2.20. The lowest BCUT2D eigenvalue weighted by Crippen LogP contribution is -2.22. The van der Waals surface area contributed by atoms with Crippen LogP contribution in [0.5, 0.6) is 0 Å². The van der Waals surface area contributed by atoms with E-state index in [0.29, 0.717) is 5.65 Å². The molecule has 0 aliphatic heterocycles. The van der Waals surface area contributed by atoms with Crippen LogP contribution >= 0.6 is 0 Å². The molecule has 7 heteroatoms. The molecule has 0 spiro atoms. The number of benzene rings is 1. The van der Waals surface area contributed by atoms with E-state index in [2.05, 4.69) is 10.3 Å². The van der Waals surface area contributed by atoms with Crippen molar-refractivity contribution >= 4 is 17.2 Å². The molecule has 0 aliphatic carbocycles. The summed E-state index contributed by atoms with van der Waals surface area (Å²) in [6.07, 6.45) is 1.55. The molecule has 3 rings (SSSR count). The summed E-state index contributed by atoms with van der Waals surface area (Å²) in [5.74, 6) is -1.88. The van der Waals surface area contributed by atoms with Gasteiger partial charge >= 0.3 is 0 Å². The summed E-state index contributed by atoms with van der Waals surface area (Å²) in [5.41, 5.74) is 1.02. The number of hydrogen-bond donors (Lipinski definition) is 2. The monoisotopic (exact) mass is 317 g/mol. The van der Waals surface area contributed by atoms with Crippen molar-refractivity contribution in [3.8, 4) is 0 Å². The highest BCUT2D eigenvalue weighted by Gasteiger charge is 2.14. The Morgan fingerprint density at radius 3 is 2.74 bits per heavy atom. The van der Waals surface area contributed by atoms with E-state index in [1.54, 1.807) is 25.3 Å². The fourth-order valence-corrected chi connectivity index (χ4v) is 2.29. The third kappa shape index (κ3) is 2.66. The van der Waals surface area contributed by atoms with Crippen molar-refractivity contribution in [1.82, 2.24) is 9.38 Å². The Morgan fingerprint density at radius 2 is 2.04 bits per heavy atom. The average molecular weight is 317 g/mol. The van der Waals surface area contributed by atoms with Crippen LogP contribution < -0.4 is 10.9 Å². The number of aliphatic hydroxyl groups is 1. The maximum atomic E-state index is 13.3. The molecule has 3 aromatic rings. The molecule has 0 aliphatic rings. The standard InChI is InChI=1S/C16H13F2N3O2/c1-9-3-2-6-21-15(9)20-14(11(8-22)16(21)23)19-10-4-5-12(17)13(18)7-10/h2-7,19,22H,8H2,1H3. The van der Waals surface area contributed by atoms with Gasteiger partial charge in [0.25, 0.3) is 5.56 Å². The summed E-state index contributed by atoms with van der Waals surface area (Å²) in [4.78, 5) is 16.8. The number of pyridine rings is 1. The van der Waals surface area contributed by atoms with Gasteiger partial charge in [-0.05, 0) is 30.7 Å². The van der Waals surface area contributed by atoms with Gasteiger partial charge in [0, 0.05) is 18.0 Å². The molecule has 0 saturated heterocycles. The zero-order chi connectivity index (χ0) is 16.6. The van der Waals surface area contributed by atoms with E-state index in [-0.39, 0.29) is 17.1 Å². The number of rotatable bonds is 3. The van der Waals surface area contributed by atoms with Crippen molar-refractivity contribution < 1.29 is 13.9 Å². The van der Waals surface area contributed by atoms with E-state index in [1.165, 1.54) is 10.5 Å². The molecule has 0 unspecified atom stereocenters. The van der Waals surface area contributed by atoms with Gasteiger partial charge < -0.3 is 10.4 Å². The summed E-state index contributed by atoms with van der Waals surface area (Å²) in [5, 5.41) is 12.2. The van der Waals surface area contributed by atoms with Crippen LogP contribution in [-0.2, 0) is 6.61 Å². The Hall–Kier alpha value is -2.80. The third-order valence-corrected chi connectivity index (χ3v) is 3.48. The van der Waals surface area contributed by atoms with Gasteiger partial charge in [-0.1, -0.05) is 6.07 Å². The minimum atomic E-state index is -1.02. The lowest BCUT2D eigenvalue weighted by molar-refractivity contribution is 0.280. The van der Waals surface area contributed by atoms with Gasteiger partial charge in [-0.25, -0.2) is 13.8 Å². The lowest BCUT2D eigenvalue weighted by Gasteiger charge is -2.12. The van der Waals surface area contributed by atoms with Crippen molar-refractivity contribution in [3.63, 3.8) is 0 Å². The number of nitrogens with one attached hydrogen (secondary N) is 1. The Balaban J connectivity index is 2.18. The predicted octanol–water partition coefficient (Wildman–Crippen LogP) is 2.52. The number of aromatic nitrogens is 2. The van der Waals surface area contributed by atoms with Crippen LogP contribution in [0.25, 0.3) is 5.65 Å². The van der Waals surface area contributed by atoms with Crippen molar-refractivity contribution in [2.45, 2.75) is 13.5 Å². The fraction of sp³-hybridized carbons (Fsp3) is 0.125. The molecule has 23 heavy (non-hydrogen) atoms. The van der Waals surface area contributed by atoms with E-state index in [0.717, 1.165) is 17.7 Å². The van der Waals surface area contributed by atoms with Gasteiger partial charge in [-0.3, -0.25) is 9.20 Å². The topological polar surface area (TPSA) is 66.6 Å². The van der Waals surface area contributed by atoms with Crippen LogP contribution in [0.1, 0.15) is 11.1 Å². The third-order valence-electron chi connectivity index (χ3n) is 3.48. The van der Waals surface area contributed by atoms with E-state index < -0.39 is 23.8 Å². The summed E-state index contributed by atoms with van der Waals surface area (Å²) < 4.78 is 27.6. The van der Waals surface area contributed by atoms with E-state index in [4.69, 9.17) is 0 Å². The molecular weight excluding hydrogens is 304 g/mol. The SMILES string of the molecule is Cc1cccn2c(=O)c(CO)c(Nc3ccc(F)c(F)c3)nc12. The predicted molar refractivity (Wildman–Crippen MR) is 81.8 cm³/mol. The average Bonchev–Trinajstić information content (AvgIpc) is 2.52. The van der Waals surface area contributed by atoms with E-state index in [1.807, 2.05) is 0 Å². The molecule has 2 heterocycles. The van der Waals surface area contributed by atoms with Crippen LogP contribution in [0.15, 0.2) is 41.3 Å². The normalized spacial score (nSPS) is 11.0. The molecule has 2 N–H and O–H groups in total. The molecule has 118 valence electrons. The second kappa shape index (κ2) is 5.77. The Bertz CT molecular complexity index is 954. The summed E-state index contributed by atoms with van der Waals surface area (Å²) in [7, 11) is 0. The zero-order valence-electron chi connectivity index (χ0n) is 12.2. The molecule has 0 bridgehead atoms. The van der Waals surface area contributed by atoms with Crippen molar-refractivity contribution in [3.05, 3.63) is 69.6 Å². The Morgan fingerprint density at radius 1 is 1.26 bits per heavy atom. The van der Waals surface area contributed by atoms with Crippen LogP contribution in [0.3, 0.4) is 0 Å². The van der Waals surface area contributed by atoms with E-state index in [9.17, 15) is 18.7 Å². The first kappa shape index (κ1) is 15.1. The highest BCUT2D eigenvalue weighted by molar-refractivity contribution is 5.63. The molecule has 0 radical (unpaired) electrons. The quantitative estimate of drug-likeness (QED) is 0.779. The number of hydrogen-bond acceptors (Lipinski definition) is 4. The first-order valence-corrected chi connectivity index (χ1v) is 6.85. The number of halogens is 2. The number of nitrogens with zero attached hydrogens (tertiary/aromatic N) is 2. The smallest absolute Gasteiger partial charge is 0.265 e. The van der Waals surface area contributed by atoms with Crippen LogP contribution in [0.4, 0.5) is 20.3 Å². The highest BCUT2D eigenvalue weighted by atomic mass is 19.2. The molecule has 0 amide bonds. The van der Waals surface area contributed by atoms with E-state index >= 15 is 0 Å². The molecular formula is C16H13F2N3O2. The maximum absolute atomic E-state index is 13.3. The van der Waals surface area contributed by atoms with Gasteiger partial charge in [-0.15, -0.1) is 0 Å². The van der Waals surface area contributed by atoms with Crippen LogP contribution in [-0.4, -0.2) is 14.5 Å². The minimum Gasteiger partial charge on any atom is -0.391 e. The Labute approximate surface area is 129 Å². The first-order valence-electron chi connectivity index (χ1n) is 6.85. The van der Waals surface area contributed by atoms with Gasteiger partial charge in [0.05, 0.1) is 12.2 Å². The molecule has 0 fully saturated rings. The van der Waals surface area contributed by atoms with Crippen LogP contribution in [0, 0.1) is 18.6 Å². The second-order valence-electron chi connectivity index (χ2n) is 5.04. The molecule has 1 aromatic carbocycles. The number of anilines is 2. The summed E-state index contributed by atoms with van der Waals surface area (Å²) in [6.45, 7) is 1.26. The van der Waals surface area contributed by atoms with Gasteiger partial charge in [0.1, 0.15) is 11.5 Å². The maximum Gasteiger partial charge on any atom is 0.265 e. The van der Waals surface area contributed by atoms with Gasteiger partial charge in [-0.2, -0.15) is 0 Å². The zero-order valence-corrected chi connectivity index (χ0v) is 12.2. The lowest BCUT2D eigenvalue weighted by atomic mass is 10.2. The first-order chi connectivity index (χ1) is 11.0. The Kier molecular flexibility index (Phi) is 3.79. The largest absolute Gasteiger partial charge is 0.391 e. The molecule has 0 saturated carbocycles. The summed E-state index contributed by atoms with van der Waals surface area (Å²) >= 11 is 0. The molecule has 2 aromatic heterocycles. The summed E-state index contributed by atoms with van der Waals surface area (Å²) in [6, 6.07) is 6.74. The molecule has 0 atom stereocenters. The van der Waals surface area contributed by atoms with Crippen LogP contribution in [0.2, 0.25) is 0 Å². The van der Waals surface area contributed by atoms with Gasteiger partial charge in [0.15, 0.2) is 11.6 Å². The van der Waals surface area contributed by atoms with Gasteiger partial charge in [0.2, 0.25) is 0 Å². The van der Waals surface area contributed by atoms with Crippen molar-refractivity contribution in [2.75, 3.05) is 5.32 Å². The number of aryl methyl sites for hydroxylation is 1. The fourth-order valence-electron chi connectivity index (χ4n) is 2.29. The number of aliphatic hydroxyl groups excluding tert-OH is 1. The van der Waals surface area contributed by atoms with Crippen molar-refractivity contribution in [2.24, 2.45) is 0 Å². The minimum absolute atomic E-state index is 0.0397. The molecule has 5 nitrogen and oxygen atoms in total. The van der Waals surface area contributed by atoms with Crippen molar-refractivity contribution in [1.29, 1.82) is 0 Å². The number of fused-ring (bicyclic) bond motifs is 1. The second-order valence-corrected chi connectivity index (χ2v) is 5.04.